The molecule has 0 aliphatic carbocycles. The Bertz CT molecular complexity index is 619. The summed E-state index contributed by atoms with van der Waals surface area (Å²) in [5, 5.41) is 1.79. The fourth-order valence-electron chi connectivity index (χ4n) is 1.90. The van der Waals surface area contributed by atoms with E-state index in [4.69, 9.17) is 11.6 Å². The first-order valence-electron chi connectivity index (χ1n) is 5.34. The molecular formula is C13H10ClN3. The summed E-state index contributed by atoms with van der Waals surface area (Å²) in [6.45, 7) is 0.825. The number of aliphatic imine (C=N–C) groups is 1. The van der Waals surface area contributed by atoms with Crippen LogP contribution in [0, 0.1) is 0 Å². The number of hydrogen-bond donors (Lipinski definition) is 0. The molecule has 0 N–H and O–H groups in total. The zero-order valence-corrected chi connectivity index (χ0v) is 9.80. The summed E-state index contributed by atoms with van der Waals surface area (Å²) >= 11 is 5.97. The van der Waals surface area contributed by atoms with Crippen LogP contribution >= 0.6 is 11.6 Å². The van der Waals surface area contributed by atoms with E-state index in [1.807, 2.05) is 36.7 Å². The average molecular weight is 244 g/mol. The van der Waals surface area contributed by atoms with E-state index in [0.717, 1.165) is 23.1 Å². The highest BCUT2D eigenvalue weighted by atomic mass is 35.5. The van der Waals surface area contributed by atoms with Gasteiger partial charge >= 0.3 is 0 Å². The summed E-state index contributed by atoms with van der Waals surface area (Å²) in [6, 6.07) is 7.73. The number of benzene rings is 1. The zero-order valence-electron chi connectivity index (χ0n) is 9.05. The van der Waals surface area contributed by atoms with E-state index in [-0.39, 0.29) is 0 Å². The van der Waals surface area contributed by atoms with Gasteiger partial charge < -0.3 is 4.90 Å². The fourth-order valence-corrected chi connectivity index (χ4v) is 2.07. The molecule has 0 spiro atoms. The minimum absolute atomic E-state index is 0.703. The van der Waals surface area contributed by atoms with Crippen molar-refractivity contribution in [2.75, 3.05) is 11.4 Å². The molecule has 3 rings (SSSR count). The number of halogens is 1. The molecule has 4 heteroatoms. The van der Waals surface area contributed by atoms with Gasteiger partial charge in [0.2, 0.25) is 0 Å². The molecule has 0 unspecified atom stereocenters. The van der Waals surface area contributed by atoms with E-state index >= 15 is 0 Å². The minimum atomic E-state index is 0.703. The lowest BCUT2D eigenvalue weighted by molar-refractivity contribution is 1.13. The number of rotatable bonds is 1. The molecule has 1 aliphatic heterocycles. The van der Waals surface area contributed by atoms with E-state index < -0.39 is 0 Å². The number of fused-ring (bicyclic) bond motifs is 1. The van der Waals surface area contributed by atoms with Gasteiger partial charge in [0, 0.05) is 29.4 Å². The first-order valence-corrected chi connectivity index (χ1v) is 5.71. The molecule has 1 aliphatic rings. The van der Waals surface area contributed by atoms with Gasteiger partial charge in [-0.3, -0.25) is 4.98 Å². The third-order valence-electron chi connectivity index (χ3n) is 2.69. The van der Waals surface area contributed by atoms with Crippen molar-refractivity contribution in [1.29, 1.82) is 0 Å². The smallest absolute Gasteiger partial charge is 0.0952 e. The van der Waals surface area contributed by atoms with Crippen LogP contribution in [0.3, 0.4) is 0 Å². The quantitative estimate of drug-likeness (QED) is 0.769. The summed E-state index contributed by atoms with van der Waals surface area (Å²) in [5.74, 6) is 0. The van der Waals surface area contributed by atoms with Crippen LogP contribution in [0.25, 0.3) is 10.9 Å². The number of aromatic nitrogens is 1. The first kappa shape index (κ1) is 10.3. The van der Waals surface area contributed by atoms with Crippen molar-refractivity contribution in [2.24, 2.45) is 4.99 Å². The van der Waals surface area contributed by atoms with Gasteiger partial charge in [0.25, 0.3) is 0 Å². The van der Waals surface area contributed by atoms with Crippen LogP contribution < -0.4 is 4.90 Å². The highest BCUT2D eigenvalue weighted by Gasteiger charge is 2.09. The van der Waals surface area contributed by atoms with Crippen molar-refractivity contribution in [3.8, 4) is 0 Å². The van der Waals surface area contributed by atoms with Gasteiger partial charge in [-0.05, 0) is 30.3 Å². The van der Waals surface area contributed by atoms with E-state index in [1.165, 1.54) is 0 Å². The molecule has 3 nitrogen and oxygen atoms in total. The maximum absolute atomic E-state index is 5.97. The van der Waals surface area contributed by atoms with E-state index in [9.17, 15) is 0 Å². The Morgan fingerprint density at radius 1 is 1.24 bits per heavy atom. The first-order chi connectivity index (χ1) is 8.34. The minimum Gasteiger partial charge on any atom is -0.328 e. The topological polar surface area (TPSA) is 28.5 Å². The standard InChI is InChI=1S/C13H10ClN3/c14-10-2-3-11-12(8-10)16-6-4-13(11)17-7-1-5-15-9-17/h1-6,8-9H,7H2. The summed E-state index contributed by atoms with van der Waals surface area (Å²) < 4.78 is 0. The van der Waals surface area contributed by atoms with Crippen LogP contribution in [0.15, 0.2) is 47.7 Å². The van der Waals surface area contributed by atoms with Crippen molar-refractivity contribution in [1.82, 2.24) is 4.98 Å². The van der Waals surface area contributed by atoms with Gasteiger partial charge in [0.15, 0.2) is 0 Å². The Hall–Kier alpha value is -1.87. The van der Waals surface area contributed by atoms with Gasteiger partial charge in [0.1, 0.15) is 0 Å². The Morgan fingerprint density at radius 2 is 2.18 bits per heavy atom. The molecule has 0 fully saturated rings. The third-order valence-corrected chi connectivity index (χ3v) is 2.93. The normalized spacial score (nSPS) is 14.5. The molecule has 0 saturated carbocycles. The van der Waals surface area contributed by atoms with Gasteiger partial charge in [-0.2, -0.15) is 0 Å². The molecule has 17 heavy (non-hydrogen) atoms. The predicted molar refractivity (Wildman–Crippen MR) is 71.7 cm³/mol. The van der Waals surface area contributed by atoms with Crippen LogP contribution in [0.1, 0.15) is 0 Å². The van der Waals surface area contributed by atoms with Crippen molar-refractivity contribution >= 4 is 34.5 Å². The lowest BCUT2D eigenvalue weighted by atomic mass is 10.1. The van der Waals surface area contributed by atoms with Crippen molar-refractivity contribution in [3.63, 3.8) is 0 Å². The Kier molecular flexibility index (Phi) is 2.53. The average Bonchev–Trinajstić information content (AvgIpc) is 2.39. The molecule has 0 bridgehead atoms. The van der Waals surface area contributed by atoms with Crippen molar-refractivity contribution in [3.05, 3.63) is 47.8 Å². The molecule has 84 valence electrons. The van der Waals surface area contributed by atoms with Gasteiger partial charge in [-0.15, -0.1) is 0 Å². The van der Waals surface area contributed by atoms with E-state index in [0.29, 0.717) is 5.02 Å². The second-order valence-corrected chi connectivity index (χ2v) is 4.23. The highest BCUT2D eigenvalue weighted by Crippen LogP contribution is 2.27. The molecule has 2 heterocycles. The molecule has 0 atom stereocenters. The monoisotopic (exact) mass is 243 g/mol. The highest BCUT2D eigenvalue weighted by molar-refractivity contribution is 6.31. The third kappa shape index (κ3) is 1.89. The van der Waals surface area contributed by atoms with Crippen LogP contribution in [-0.2, 0) is 0 Å². The second kappa shape index (κ2) is 4.18. The lowest BCUT2D eigenvalue weighted by Crippen LogP contribution is -2.23. The molecule has 0 saturated heterocycles. The Balaban J connectivity index is 2.16. The van der Waals surface area contributed by atoms with Gasteiger partial charge in [-0.1, -0.05) is 11.6 Å². The maximum atomic E-state index is 5.97. The number of nitrogens with zero attached hydrogens (tertiary/aromatic N) is 3. The predicted octanol–water partition coefficient (Wildman–Crippen LogP) is 3.25. The Labute approximate surface area is 104 Å². The largest absolute Gasteiger partial charge is 0.328 e. The number of hydrogen-bond acceptors (Lipinski definition) is 3. The van der Waals surface area contributed by atoms with Crippen LogP contribution in [-0.4, -0.2) is 17.9 Å². The summed E-state index contributed by atoms with van der Waals surface area (Å²) in [5.41, 5.74) is 2.00. The van der Waals surface area contributed by atoms with Crippen molar-refractivity contribution in [2.45, 2.75) is 0 Å². The summed E-state index contributed by atoms with van der Waals surface area (Å²) in [6.07, 6.45) is 7.43. The molecule has 1 aromatic heterocycles. The molecular weight excluding hydrogens is 234 g/mol. The second-order valence-electron chi connectivity index (χ2n) is 3.79. The van der Waals surface area contributed by atoms with Gasteiger partial charge in [-0.25, -0.2) is 4.99 Å². The van der Waals surface area contributed by atoms with Gasteiger partial charge in [0.05, 0.1) is 17.5 Å². The van der Waals surface area contributed by atoms with E-state index in [2.05, 4.69) is 14.9 Å². The molecule has 2 aromatic rings. The zero-order chi connectivity index (χ0) is 11.7. The maximum Gasteiger partial charge on any atom is 0.0952 e. The Morgan fingerprint density at radius 3 is 3.00 bits per heavy atom. The van der Waals surface area contributed by atoms with Crippen LogP contribution in [0.4, 0.5) is 5.69 Å². The number of pyridine rings is 1. The summed E-state index contributed by atoms with van der Waals surface area (Å²) in [7, 11) is 0. The van der Waals surface area contributed by atoms with Crippen molar-refractivity contribution < 1.29 is 0 Å². The molecule has 1 aromatic carbocycles. The molecule has 0 radical (unpaired) electrons. The molecule has 0 amide bonds. The van der Waals surface area contributed by atoms with E-state index in [1.54, 1.807) is 12.4 Å². The fraction of sp³-hybridized carbons (Fsp3) is 0.0769. The SMILES string of the molecule is Clc1ccc2c(N3C=NC=CC3)ccnc2c1. The number of anilines is 1. The van der Waals surface area contributed by atoms with Crippen LogP contribution in [0.2, 0.25) is 5.02 Å². The lowest BCUT2D eigenvalue weighted by Gasteiger charge is -2.21. The van der Waals surface area contributed by atoms with Crippen LogP contribution in [0.5, 0.6) is 0 Å². The summed E-state index contributed by atoms with van der Waals surface area (Å²) in [4.78, 5) is 10.5.